The van der Waals surface area contributed by atoms with E-state index in [2.05, 4.69) is 24.1 Å². The minimum atomic E-state index is -3.88. The van der Waals surface area contributed by atoms with Gasteiger partial charge in [-0.15, -0.1) is 0 Å². The Morgan fingerprint density at radius 2 is 1.54 bits per heavy atom. The topological polar surface area (TPSA) is 69.7 Å². The lowest BCUT2D eigenvalue weighted by molar-refractivity contribution is 0.0926. The summed E-state index contributed by atoms with van der Waals surface area (Å²) in [4.78, 5) is 14.8. The first-order valence-electron chi connectivity index (χ1n) is 9.10. The van der Waals surface area contributed by atoms with Crippen molar-refractivity contribution < 1.29 is 13.2 Å². The molecule has 7 heteroatoms. The molecule has 0 aromatic heterocycles. The standard InChI is InChI=1S/C21H29N3O3S/c1-21(2,16-23(3)4)15-22-20(25)18-13-9-10-14-19(18)28(26,27)24(5)17-11-7-6-8-12-17/h6-14H,15-16H2,1-5H3,(H,22,25). The molecule has 0 radical (unpaired) electrons. The average molecular weight is 404 g/mol. The van der Waals surface area contributed by atoms with Crippen molar-refractivity contribution in [3.8, 4) is 0 Å². The summed E-state index contributed by atoms with van der Waals surface area (Å²) in [5.41, 5.74) is 0.532. The summed E-state index contributed by atoms with van der Waals surface area (Å²) >= 11 is 0. The zero-order chi connectivity index (χ0) is 20.9. The van der Waals surface area contributed by atoms with Crippen LogP contribution >= 0.6 is 0 Å². The maximum absolute atomic E-state index is 13.1. The van der Waals surface area contributed by atoms with E-state index in [4.69, 9.17) is 0 Å². The summed E-state index contributed by atoms with van der Waals surface area (Å²) in [6.07, 6.45) is 0. The quantitative estimate of drug-likeness (QED) is 0.736. The minimum Gasteiger partial charge on any atom is -0.351 e. The van der Waals surface area contributed by atoms with E-state index < -0.39 is 15.9 Å². The van der Waals surface area contributed by atoms with Gasteiger partial charge in [0.1, 0.15) is 4.90 Å². The molecule has 2 rings (SSSR count). The highest BCUT2D eigenvalue weighted by molar-refractivity contribution is 7.92. The summed E-state index contributed by atoms with van der Waals surface area (Å²) in [7, 11) is 1.56. The van der Waals surface area contributed by atoms with Gasteiger partial charge in [-0.25, -0.2) is 8.42 Å². The largest absolute Gasteiger partial charge is 0.351 e. The Hall–Kier alpha value is -2.38. The third kappa shape index (κ3) is 5.33. The lowest BCUT2D eigenvalue weighted by Gasteiger charge is -2.28. The van der Waals surface area contributed by atoms with E-state index in [0.717, 1.165) is 6.54 Å². The summed E-state index contributed by atoms with van der Waals surface area (Å²) in [6, 6.07) is 15.1. The van der Waals surface area contributed by atoms with Gasteiger partial charge >= 0.3 is 0 Å². The molecule has 0 heterocycles. The number of carbonyl (C=O) groups is 1. The van der Waals surface area contributed by atoms with E-state index in [9.17, 15) is 13.2 Å². The van der Waals surface area contributed by atoms with Gasteiger partial charge in [0.2, 0.25) is 0 Å². The zero-order valence-corrected chi connectivity index (χ0v) is 18.0. The van der Waals surface area contributed by atoms with Gasteiger partial charge in [0.25, 0.3) is 15.9 Å². The number of para-hydroxylation sites is 1. The Labute approximate surface area is 168 Å². The molecule has 0 atom stereocenters. The van der Waals surface area contributed by atoms with E-state index in [-0.39, 0.29) is 15.9 Å². The van der Waals surface area contributed by atoms with Crippen LogP contribution in [0, 0.1) is 5.41 Å². The Kier molecular flexibility index (Phi) is 6.85. The number of nitrogens with zero attached hydrogens (tertiary/aromatic N) is 2. The molecule has 6 nitrogen and oxygen atoms in total. The summed E-state index contributed by atoms with van der Waals surface area (Å²) in [6.45, 7) is 5.34. The van der Waals surface area contributed by atoms with Crippen LogP contribution in [0.15, 0.2) is 59.5 Å². The van der Waals surface area contributed by atoms with Crippen molar-refractivity contribution in [1.29, 1.82) is 0 Å². The second-order valence-electron chi connectivity index (χ2n) is 7.89. The van der Waals surface area contributed by atoms with Gasteiger partial charge < -0.3 is 10.2 Å². The van der Waals surface area contributed by atoms with Crippen molar-refractivity contribution in [2.45, 2.75) is 18.7 Å². The van der Waals surface area contributed by atoms with Crippen LogP contribution in [0.3, 0.4) is 0 Å². The molecule has 0 saturated carbocycles. The van der Waals surface area contributed by atoms with Crippen LogP contribution in [0.1, 0.15) is 24.2 Å². The minimum absolute atomic E-state index is 0.00994. The summed E-state index contributed by atoms with van der Waals surface area (Å²) in [5, 5.41) is 2.89. The predicted molar refractivity (Wildman–Crippen MR) is 113 cm³/mol. The molecule has 2 aromatic rings. The molecule has 0 aliphatic heterocycles. The van der Waals surface area contributed by atoms with Gasteiger partial charge in [-0.3, -0.25) is 9.10 Å². The zero-order valence-electron chi connectivity index (χ0n) is 17.1. The van der Waals surface area contributed by atoms with Crippen LogP contribution in [-0.2, 0) is 10.0 Å². The van der Waals surface area contributed by atoms with Crippen molar-refractivity contribution >= 4 is 21.6 Å². The van der Waals surface area contributed by atoms with Crippen LogP contribution in [0.5, 0.6) is 0 Å². The number of nitrogens with one attached hydrogen (secondary N) is 1. The normalized spacial score (nSPS) is 12.1. The third-order valence-electron chi connectivity index (χ3n) is 4.36. The number of hydrogen-bond donors (Lipinski definition) is 1. The highest BCUT2D eigenvalue weighted by Gasteiger charge is 2.27. The molecule has 0 saturated heterocycles. The molecule has 0 aliphatic carbocycles. The number of carbonyl (C=O) groups excluding carboxylic acids is 1. The number of rotatable bonds is 8. The number of amides is 1. The van der Waals surface area contributed by atoms with Crippen molar-refractivity contribution in [2.24, 2.45) is 5.41 Å². The third-order valence-corrected chi connectivity index (χ3v) is 6.21. The highest BCUT2D eigenvalue weighted by Crippen LogP contribution is 2.24. The SMILES string of the molecule is CN(C)CC(C)(C)CNC(=O)c1ccccc1S(=O)(=O)N(C)c1ccccc1. The van der Waals surface area contributed by atoms with Gasteiger partial charge in [-0.05, 0) is 43.8 Å². The molecule has 0 unspecified atom stereocenters. The second kappa shape index (κ2) is 8.75. The number of benzene rings is 2. The predicted octanol–water partition coefficient (Wildman–Crippen LogP) is 2.83. The van der Waals surface area contributed by atoms with Crippen LogP contribution < -0.4 is 9.62 Å². The van der Waals surface area contributed by atoms with Gasteiger partial charge in [-0.2, -0.15) is 0 Å². The number of sulfonamides is 1. The van der Waals surface area contributed by atoms with Gasteiger partial charge in [0.15, 0.2) is 0 Å². The van der Waals surface area contributed by atoms with Crippen LogP contribution in [-0.4, -0.2) is 53.5 Å². The summed E-state index contributed by atoms with van der Waals surface area (Å²) in [5.74, 6) is -0.396. The summed E-state index contributed by atoms with van der Waals surface area (Å²) < 4.78 is 27.5. The fourth-order valence-electron chi connectivity index (χ4n) is 3.13. The lowest BCUT2D eigenvalue weighted by atomic mass is 9.93. The monoisotopic (exact) mass is 403 g/mol. The van der Waals surface area contributed by atoms with E-state index in [1.54, 1.807) is 42.5 Å². The smallest absolute Gasteiger partial charge is 0.264 e. The highest BCUT2D eigenvalue weighted by atomic mass is 32.2. The Morgan fingerprint density at radius 3 is 2.14 bits per heavy atom. The second-order valence-corrected chi connectivity index (χ2v) is 9.83. The lowest BCUT2D eigenvalue weighted by Crippen LogP contribution is -2.40. The van der Waals surface area contributed by atoms with E-state index >= 15 is 0 Å². The molecular weight excluding hydrogens is 374 g/mol. The molecule has 152 valence electrons. The first-order chi connectivity index (χ1) is 13.0. The van der Waals surface area contributed by atoms with E-state index in [0.29, 0.717) is 12.2 Å². The molecule has 1 N–H and O–H groups in total. The van der Waals surface area contributed by atoms with E-state index in [1.165, 1.54) is 17.4 Å². The Bertz CT molecular complexity index is 910. The molecule has 0 aliphatic rings. The van der Waals surface area contributed by atoms with Crippen molar-refractivity contribution in [2.75, 3.05) is 38.5 Å². The maximum atomic E-state index is 13.1. The first kappa shape index (κ1) is 21.9. The van der Waals surface area contributed by atoms with Crippen LogP contribution in [0.25, 0.3) is 0 Å². The average Bonchev–Trinajstić information content (AvgIpc) is 2.65. The Balaban J connectivity index is 2.28. The van der Waals surface area contributed by atoms with Gasteiger partial charge in [-0.1, -0.05) is 44.2 Å². The van der Waals surface area contributed by atoms with Gasteiger partial charge in [0.05, 0.1) is 11.3 Å². The fraction of sp³-hybridized carbons (Fsp3) is 0.381. The maximum Gasteiger partial charge on any atom is 0.264 e. The van der Waals surface area contributed by atoms with Crippen LogP contribution in [0.2, 0.25) is 0 Å². The molecule has 28 heavy (non-hydrogen) atoms. The van der Waals surface area contributed by atoms with Crippen LogP contribution in [0.4, 0.5) is 5.69 Å². The van der Waals surface area contributed by atoms with Gasteiger partial charge in [0, 0.05) is 20.1 Å². The fourth-order valence-corrected chi connectivity index (χ4v) is 4.51. The number of anilines is 1. The first-order valence-corrected chi connectivity index (χ1v) is 10.5. The molecule has 1 amide bonds. The molecule has 2 aromatic carbocycles. The molecular formula is C21H29N3O3S. The van der Waals surface area contributed by atoms with Crippen molar-refractivity contribution in [1.82, 2.24) is 10.2 Å². The van der Waals surface area contributed by atoms with E-state index in [1.807, 2.05) is 20.2 Å². The molecule has 0 spiro atoms. The van der Waals surface area contributed by atoms with Crippen molar-refractivity contribution in [3.63, 3.8) is 0 Å². The molecule has 0 fully saturated rings. The Morgan fingerprint density at radius 1 is 0.964 bits per heavy atom. The molecule has 0 bridgehead atoms. The number of hydrogen-bond acceptors (Lipinski definition) is 4. The van der Waals surface area contributed by atoms with Crippen molar-refractivity contribution in [3.05, 3.63) is 60.2 Å².